The number of aliphatic hydroxyl groups is 1. The number of hydrogen-bond donors (Lipinski definition) is 1. The Labute approximate surface area is 86.7 Å². The Balaban J connectivity index is 3.12. The maximum Gasteiger partial charge on any atom is 0.139 e. The van der Waals surface area contributed by atoms with E-state index < -0.39 is 6.10 Å². The van der Waals surface area contributed by atoms with Crippen molar-refractivity contribution in [2.75, 3.05) is 0 Å². The van der Waals surface area contributed by atoms with E-state index in [0.717, 1.165) is 0 Å². The summed E-state index contributed by atoms with van der Waals surface area (Å²) in [6.45, 7) is 3.73. The van der Waals surface area contributed by atoms with Crippen LogP contribution in [0.15, 0.2) is 6.33 Å². The Hall–Kier alpha value is -0.380. The highest BCUT2D eigenvalue weighted by Gasteiger charge is 2.20. The van der Waals surface area contributed by atoms with Crippen LogP contribution in [0.5, 0.6) is 0 Å². The molecule has 5 heteroatoms. The second-order valence-corrected chi connectivity index (χ2v) is 3.77. The van der Waals surface area contributed by atoms with Gasteiger partial charge in [0.1, 0.15) is 16.6 Å². The van der Waals surface area contributed by atoms with Crippen molar-refractivity contribution < 1.29 is 5.11 Å². The predicted molar refractivity (Wildman–Crippen MR) is 51.8 cm³/mol. The third-order valence-electron chi connectivity index (χ3n) is 1.71. The van der Waals surface area contributed by atoms with Gasteiger partial charge in [-0.3, -0.25) is 0 Å². The van der Waals surface area contributed by atoms with E-state index in [0.29, 0.717) is 5.56 Å². The molecule has 0 fully saturated rings. The van der Waals surface area contributed by atoms with Crippen LogP contribution in [-0.2, 0) is 0 Å². The molecular weight excluding hydrogens is 211 g/mol. The van der Waals surface area contributed by atoms with E-state index in [2.05, 4.69) is 9.97 Å². The fraction of sp³-hybridized carbons (Fsp3) is 0.500. The Kier molecular flexibility index (Phi) is 3.47. The minimum absolute atomic E-state index is 0.0287. The molecule has 0 radical (unpaired) electrons. The largest absolute Gasteiger partial charge is 0.388 e. The van der Waals surface area contributed by atoms with Gasteiger partial charge in [0.15, 0.2) is 0 Å². The lowest BCUT2D eigenvalue weighted by atomic mass is 10.0. The van der Waals surface area contributed by atoms with Crippen molar-refractivity contribution in [2.24, 2.45) is 5.92 Å². The van der Waals surface area contributed by atoms with Crippen molar-refractivity contribution in [1.82, 2.24) is 9.97 Å². The van der Waals surface area contributed by atoms with Crippen molar-refractivity contribution in [3.05, 3.63) is 22.2 Å². The lowest BCUT2D eigenvalue weighted by molar-refractivity contribution is 0.126. The summed E-state index contributed by atoms with van der Waals surface area (Å²) in [6.07, 6.45) is 0.544. The second kappa shape index (κ2) is 4.22. The molecule has 0 bridgehead atoms. The quantitative estimate of drug-likeness (QED) is 0.780. The zero-order chi connectivity index (χ0) is 10.0. The molecular formula is C8H10Cl2N2O. The number of aromatic nitrogens is 2. The summed E-state index contributed by atoms with van der Waals surface area (Å²) in [4.78, 5) is 7.51. The van der Waals surface area contributed by atoms with Crippen LogP contribution in [0, 0.1) is 5.92 Å². The summed E-state index contributed by atoms with van der Waals surface area (Å²) >= 11 is 11.5. The van der Waals surface area contributed by atoms with Crippen LogP contribution in [0.3, 0.4) is 0 Å². The lowest BCUT2D eigenvalue weighted by Crippen LogP contribution is -2.08. The molecule has 13 heavy (non-hydrogen) atoms. The molecule has 1 unspecified atom stereocenters. The summed E-state index contributed by atoms with van der Waals surface area (Å²) in [5.74, 6) is 0.0287. The lowest BCUT2D eigenvalue weighted by Gasteiger charge is -2.15. The Bertz CT molecular complexity index is 284. The summed E-state index contributed by atoms with van der Waals surface area (Å²) in [6, 6.07) is 0. The molecule has 72 valence electrons. The fourth-order valence-corrected chi connectivity index (χ4v) is 1.47. The van der Waals surface area contributed by atoms with Crippen molar-refractivity contribution in [3.63, 3.8) is 0 Å². The van der Waals surface area contributed by atoms with E-state index in [9.17, 15) is 5.11 Å². The number of aliphatic hydroxyl groups excluding tert-OH is 1. The number of rotatable bonds is 2. The van der Waals surface area contributed by atoms with E-state index in [1.807, 2.05) is 13.8 Å². The SMILES string of the molecule is CC(C)C(O)c1c(Cl)ncnc1Cl. The van der Waals surface area contributed by atoms with Crippen LogP contribution in [0.1, 0.15) is 25.5 Å². The van der Waals surface area contributed by atoms with Gasteiger partial charge in [-0.1, -0.05) is 37.0 Å². The van der Waals surface area contributed by atoms with Crippen molar-refractivity contribution in [1.29, 1.82) is 0 Å². The fourth-order valence-electron chi connectivity index (χ4n) is 0.932. The molecule has 1 N–H and O–H groups in total. The van der Waals surface area contributed by atoms with E-state index in [-0.39, 0.29) is 16.2 Å². The van der Waals surface area contributed by atoms with Crippen molar-refractivity contribution in [3.8, 4) is 0 Å². The summed E-state index contributed by atoms with van der Waals surface area (Å²) < 4.78 is 0. The number of hydrogen-bond acceptors (Lipinski definition) is 3. The van der Waals surface area contributed by atoms with Crippen LogP contribution >= 0.6 is 23.2 Å². The molecule has 0 aliphatic rings. The van der Waals surface area contributed by atoms with Crippen LogP contribution in [0.2, 0.25) is 10.3 Å². The van der Waals surface area contributed by atoms with Gasteiger partial charge in [0.2, 0.25) is 0 Å². The Morgan fingerprint density at radius 1 is 1.23 bits per heavy atom. The van der Waals surface area contributed by atoms with Crippen molar-refractivity contribution in [2.45, 2.75) is 20.0 Å². The zero-order valence-corrected chi connectivity index (χ0v) is 8.84. The summed E-state index contributed by atoms with van der Waals surface area (Å²) in [5.41, 5.74) is 0.404. The Morgan fingerprint density at radius 3 is 2.08 bits per heavy atom. The van der Waals surface area contributed by atoms with Gasteiger partial charge in [-0.05, 0) is 5.92 Å². The minimum atomic E-state index is -0.721. The molecule has 1 rings (SSSR count). The average molecular weight is 221 g/mol. The van der Waals surface area contributed by atoms with E-state index in [1.165, 1.54) is 6.33 Å². The number of nitrogens with zero attached hydrogens (tertiary/aromatic N) is 2. The predicted octanol–water partition coefficient (Wildman–Crippen LogP) is 2.47. The van der Waals surface area contributed by atoms with Gasteiger partial charge in [0.05, 0.1) is 11.7 Å². The maximum atomic E-state index is 9.71. The maximum absolute atomic E-state index is 9.71. The van der Waals surface area contributed by atoms with Crippen LogP contribution in [0.25, 0.3) is 0 Å². The third kappa shape index (κ3) is 2.30. The normalized spacial score (nSPS) is 13.4. The molecule has 0 aromatic carbocycles. The average Bonchev–Trinajstić information content (AvgIpc) is 2.03. The van der Waals surface area contributed by atoms with Gasteiger partial charge in [0.25, 0.3) is 0 Å². The highest BCUT2D eigenvalue weighted by Crippen LogP contribution is 2.30. The number of halogens is 2. The smallest absolute Gasteiger partial charge is 0.139 e. The molecule has 3 nitrogen and oxygen atoms in total. The summed E-state index contributed by atoms with van der Waals surface area (Å²) in [5, 5.41) is 10.1. The van der Waals surface area contributed by atoms with Crippen LogP contribution in [0.4, 0.5) is 0 Å². The third-order valence-corrected chi connectivity index (χ3v) is 2.32. The molecule has 1 aromatic rings. The van der Waals surface area contributed by atoms with Gasteiger partial charge < -0.3 is 5.11 Å². The van der Waals surface area contributed by atoms with Gasteiger partial charge in [-0.15, -0.1) is 0 Å². The molecule has 1 aromatic heterocycles. The topological polar surface area (TPSA) is 46.0 Å². The van der Waals surface area contributed by atoms with Gasteiger partial charge >= 0.3 is 0 Å². The minimum Gasteiger partial charge on any atom is -0.388 e. The first kappa shape index (κ1) is 10.7. The molecule has 0 aliphatic carbocycles. The molecule has 1 atom stereocenters. The van der Waals surface area contributed by atoms with Crippen LogP contribution < -0.4 is 0 Å². The first-order valence-corrected chi connectivity index (χ1v) is 4.63. The molecule has 1 heterocycles. The van der Waals surface area contributed by atoms with Gasteiger partial charge in [-0.2, -0.15) is 0 Å². The monoisotopic (exact) mass is 220 g/mol. The molecule has 0 saturated carbocycles. The highest BCUT2D eigenvalue weighted by molar-refractivity contribution is 6.34. The second-order valence-electron chi connectivity index (χ2n) is 3.06. The first-order valence-electron chi connectivity index (χ1n) is 3.88. The Morgan fingerprint density at radius 2 is 1.69 bits per heavy atom. The van der Waals surface area contributed by atoms with E-state index in [1.54, 1.807) is 0 Å². The first-order chi connectivity index (χ1) is 6.04. The molecule has 0 spiro atoms. The van der Waals surface area contributed by atoms with Crippen molar-refractivity contribution >= 4 is 23.2 Å². The molecule has 0 saturated heterocycles. The highest BCUT2D eigenvalue weighted by atomic mass is 35.5. The summed E-state index contributed by atoms with van der Waals surface area (Å²) in [7, 11) is 0. The molecule has 0 aliphatic heterocycles. The van der Waals surface area contributed by atoms with Crippen LogP contribution in [-0.4, -0.2) is 15.1 Å². The van der Waals surface area contributed by atoms with E-state index >= 15 is 0 Å². The molecule has 0 amide bonds. The standard InChI is InChI=1S/C8H10Cl2N2O/c1-4(2)6(13)5-7(9)11-3-12-8(5)10/h3-4,6,13H,1-2H3. The zero-order valence-electron chi connectivity index (χ0n) is 7.33. The van der Waals surface area contributed by atoms with Gasteiger partial charge in [0, 0.05) is 0 Å². The van der Waals surface area contributed by atoms with Gasteiger partial charge in [-0.25, -0.2) is 9.97 Å². The van der Waals surface area contributed by atoms with E-state index in [4.69, 9.17) is 23.2 Å².